The van der Waals surface area contributed by atoms with Gasteiger partial charge in [0.2, 0.25) is 0 Å². The average molecular weight is 144 g/mol. The minimum absolute atomic E-state index is 0.647. The fourth-order valence-electron chi connectivity index (χ4n) is 0.745. The standard InChI is InChI=1S/C8H18NO/c1-3-5-6-7-8-10-9-4-2/h9H,2-8H2,1H3. The van der Waals surface area contributed by atoms with Crippen molar-refractivity contribution >= 4 is 0 Å². The highest BCUT2D eigenvalue weighted by Gasteiger charge is 1.86. The van der Waals surface area contributed by atoms with Crippen molar-refractivity contribution in [2.24, 2.45) is 0 Å². The molecule has 0 saturated carbocycles. The molecule has 0 amide bonds. The molecule has 0 saturated heterocycles. The molecule has 61 valence electrons. The van der Waals surface area contributed by atoms with Crippen molar-refractivity contribution in [1.29, 1.82) is 0 Å². The van der Waals surface area contributed by atoms with E-state index < -0.39 is 0 Å². The zero-order chi connectivity index (χ0) is 7.66. The Balaban J connectivity index is 2.65. The van der Waals surface area contributed by atoms with Crippen LogP contribution >= 0.6 is 0 Å². The zero-order valence-electron chi connectivity index (χ0n) is 6.86. The monoisotopic (exact) mass is 144 g/mol. The first-order valence-corrected chi connectivity index (χ1v) is 4.05. The van der Waals surface area contributed by atoms with Gasteiger partial charge in [0.05, 0.1) is 6.61 Å². The second-order valence-corrected chi connectivity index (χ2v) is 2.30. The molecule has 2 heteroatoms. The minimum Gasteiger partial charge on any atom is -0.302 e. The molecule has 0 bridgehead atoms. The fraction of sp³-hybridized carbons (Fsp3) is 0.875. The van der Waals surface area contributed by atoms with E-state index in [0.717, 1.165) is 13.0 Å². The molecule has 0 rings (SSSR count). The molecular weight excluding hydrogens is 126 g/mol. The summed E-state index contributed by atoms with van der Waals surface area (Å²) in [6, 6.07) is 0. The lowest BCUT2D eigenvalue weighted by atomic mass is 10.2. The van der Waals surface area contributed by atoms with Crippen LogP contribution in [0.3, 0.4) is 0 Å². The Bertz CT molecular complexity index is 49.2. The molecule has 1 N–H and O–H groups in total. The molecule has 0 aliphatic rings. The lowest BCUT2D eigenvalue weighted by Gasteiger charge is -2.01. The first-order chi connectivity index (χ1) is 4.91. The van der Waals surface area contributed by atoms with Crippen molar-refractivity contribution in [3.8, 4) is 0 Å². The molecule has 0 aromatic heterocycles. The maximum absolute atomic E-state index is 5.02. The molecule has 0 aromatic rings. The number of nitrogens with one attached hydrogen (secondary N) is 1. The van der Waals surface area contributed by atoms with E-state index in [-0.39, 0.29) is 0 Å². The Morgan fingerprint density at radius 1 is 1.30 bits per heavy atom. The lowest BCUT2D eigenvalue weighted by Crippen LogP contribution is -2.14. The molecule has 0 atom stereocenters. The molecule has 0 heterocycles. The van der Waals surface area contributed by atoms with E-state index in [1.54, 1.807) is 0 Å². The number of rotatable bonds is 7. The highest BCUT2D eigenvalue weighted by molar-refractivity contribution is 4.38. The summed E-state index contributed by atoms with van der Waals surface area (Å²) in [6.07, 6.45) is 5.02. The van der Waals surface area contributed by atoms with E-state index in [1.165, 1.54) is 19.3 Å². The van der Waals surface area contributed by atoms with E-state index in [1.807, 2.05) is 0 Å². The van der Waals surface area contributed by atoms with Gasteiger partial charge in [-0.05, 0) is 13.3 Å². The molecule has 0 aromatic carbocycles. The average Bonchev–Trinajstić information content (AvgIpc) is 1.97. The van der Waals surface area contributed by atoms with Crippen LogP contribution in [-0.4, -0.2) is 13.2 Å². The largest absolute Gasteiger partial charge is 0.302 e. The van der Waals surface area contributed by atoms with Gasteiger partial charge >= 0.3 is 0 Å². The Morgan fingerprint density at radius 3 is 2.70 bits per heavy atom. The van der Waals surface area contributed by atoms with Crippen LogP contribution in [0.4, 0.5) is 0 Å². The third-order valence-electron chi connectivity index (χ3n) is 1.30. The third-order valence-corrected chi connectivity index (χ3v) is 1.30. The van der Waals surface area contributed by atoms with Crippen LogP contribution < -0.4 is 5.48 Å². The van der Waals surface area contributed by atoms with Gasteiger partial charge in [-0.2, -0.15) is 0 Å². The normalized spacial score (nSPS) is 10.2. The van der Waals surface area contributed by atoms with Crippen molar-refractivity contribution in [2.45, 2.75) is 32.6 Å². The smallest absolute Gasteiger partial charge is 0.0682 e. The van der Waals surface area contributed by atoms with Crippen LogP contribution in [0, 0.1) is 6.92 Å². The summed E-state index contributed by atoms with van der Waals surface area (Å²) in [4.78, 5) is 5.02. The highest BCUT2D eigenvalue weighted by Crippen LogP contribution is 1.97. The first kappa shape index (κ1) is 9.92. The molecule has 10 heavy (non-hydrogen) atoms. The van der Waals surface area contributed by atoms with Crippen LogP contribution in [0.2, 0.25) is 0 Å². The first-order valence-electron chi connectivity index (χ1n) is 4.05. The van der Waals surface area contributed by atoms with Gasteiger partial charge in [-0.1, -0.05) is 26.2 Å². The second-order valence-electron chi connectivity index (χ2n) is 2.30. The predicted octanol–water partition coefficient (Wildman–Crippen LogP) is 1.92. The lowest BCUT2D eigenvalue weighted by molar-refractivity contribution is 0.0454. The van der Waals surface area contributed by atoms with Crippen LogP contribution in [0.25, 0.3) is 0 Å². The molecule has 0 spiro atoms. The van der Waals surface area contributed by atoms with E-state index >= 15 is 0 Å². The maximum atomic E-state index is 5.02. The van der Waals surface area contributed by atoms with Crippen LogP contribution in [0.5, 0.6) is 0 Å². The third kappa shape index (κ3) is 7.92. The van der Waals surface area contributed by atoms with E-state index in [2.05, 4.69) is 19.3 Å². The summed E-state index contributed by atoms with van der Waals surface area (Å²) < 4.78 is 0. The van der Waals surface area contributed by atoms with Crippen molar-refractivity contribution in [3.63, 3.8) is 0 Å². The molecule has 2 nitrogen and oxygen atoms in total. The van der Waals surface area contributed by atoms with E-state index in [9.17, 15) is 0 Å². The summed E-state index contributed by atoms with van der Waals surface area (Å²) in [5.41, 5.74) is 2.71. The summed E-state index contributed by atoms with van der Waals surface area (Å²) in [6.45, 7) is 7.25. The van der Waals surface area contributed by atoms with Gasteiger partial charge in [-0.25, -0.2) is 5.48 Å². The van der Waals surface area contributed by atoms with Gasteiger partial charge < -0.3 is 4.84 Å². The molecule has 0 fully saturated rings. The summed E-state index contributed by atoms with van der Waals surface area (Å²) in [5.74, 6) is 0. The Morgan fingerprint density at radius 2 is 2.10 bits per heavy atom. The van der Waals surface area contributed by atoms with Gasteiger partial charge in [0.25, 0.3) is 0 Å². The Labute approximate surface area is 63.9 Å². The molecule has 0 unspecified atom stereocenters. The molecule has 0 aliphatic heterocycles. The minimum atomic E-state index is 0.647. The molecule has 1 radical (unpaired) electrons. The molecule has 0 aliphatic carbocycles. The summed E-state index contributed by atoms with van der Waals surface area (Å²) >= 11 is 0. The van der Waals surface area contributed by atoms with Gasteiger partial charge in [0.15, 0.2) is 0 Å². The van der Waals surface area contributed by atoms with Gasteiger partial charge in [-0.15, -0.1) is 0 Å². The van der Waals surface area contributed by atoms with Crippen molar-refractivity contribution in [2.75, 3.05) is 13.2 Å². The fourth-order valence-corrected chi connectivity index (χ4v) is 0.745. The van der Waals surface area contributed by atoms with Crippen LogP contribution in [0.15, 0.2) is 0 Å². The van der Waals surface area contributed by atoms with Crippen LogP contribution in [-0.2, 0) is 4.84 Å². The van der Waals surface area contributed by atoms with Crippen molar-refractivity contribution < 1.29 is 4.84 Å². The van der Waals surface area contributed by atoms with Gasteiger partial charge in [0, 0.05) is 6.54 Å². The van der Waals surface area contributed by atoms with Crippen molar-refractivity contribution in [3.05, 3.63) is 6.92 Å². The Hall–Kier alpha value is -0.0800. The number of hydrogen-bond donors (Lipinski definition) is 1. The topological polar surface area (TPSA) is 21.3 Å². The quantitative estimate of drug-likeness (QED) is 0.435. The SMILES string of the molecule is [CH2]CNOCCCCCC. The van der Waals surface area contributed by atoms with E-state index in [4.69, 9.17) is 4.84 Å². The summed E-state index contributed by atoms with van der Waals surface area (Å²) in [7, 11) is 0. The molecular formula is C8H18NO. The van der Waals surface area contributed by atoms with E-state index in [0.29, 0.717) is 6.54 Å². The zero-order valence-corrected chi connectivity index (χ0v) is 6.86. The Kier molecular flexibility index (Phi) is 8.85. The van der Waals surface area contributed by atoms with Gasteiger partial charge in [-0.3, -0.25) is 0 Å². The number of hydrogen-bond acceptors (Lipinski definition) is 2. The van der Waals surface area contributed by atoms with Crippen molar-refractivity contribution in [1.82, 2.24) is 5.48 Å². The number of hydroxylamine groups is 1. The van der Waals surface area contributed by atoms with Crippen LogP contribution in [0.1, 0.15) is 32.6 Å². The van der Waals surface area contributed by atoms with Gasteiger partial charge in [0.1, 0.15) is 0 Å². The number of unbranched alkanes of at least 4 members (excludes halogenated alkanes) is 3. The highest BCUT2D eigenvalue weighted by atomic mass is 16.6. The predicted molar refractivity (Wildman–Crippen MR) is 43.5 cm³/mol. The maximum Gasteiger partial charge on any atom is 0.0682 e. The summed E-state index contributed by atoms with van der Waals surface area (Å²) in [5, 5.41) is 0. The second kappa shape index (κ2) is 8.92.